The monoisotopic (exact) mass is 432 g/mol. The molecular weight excluding hydrogens is 414 g/mol. The molecule has 0 saturated heterocycles. The standard InChI is InChI=1S/C24H18F2N4O2/c25-20-8-4-15(5-9-20)22(31)13-19(14-23(32)16-6-10-21(26)11-7-16)17-2-1-3-18(12-17)24-27-29-30-28-24/h1-12,19H,13-14H2,(H,27,28,29,30). The summed E-state index contributed by atoms with van der Waals surface area (Å²) in [5.41, 5.74) is 2.16. The van der Waals surface area contributed by atoms with Gasteiger partial charge in [0.25, 0.3) is 0 Å². The molecule has 0 atom stereocenters. The Bertz CT molecular complexity index is 1160. The summed E-state index contributed by atoms with van der Waals surface area (Å²) in [6, 6.07) is 17.8. The largest absolute Gasteiger partial charge is 0.294 e. The first-order chi connectivity index (χ1) is 15.5. The lowest BCUT2D eigenvalue weighted by Gasteiger charge is -2.17. The second-order valence-electron chi connectivity index (χ2n) is 7.33. The summed E-state index contributed by atoms with van der Waals surface area (Å²) in [6.45, 7) is 0. The highest BCUT2D eigenvalue weighted by Crippen LogP contribution is 2.30. The number of aromatic nitrogens is 4. The van der Waals surface area contributed by atoms with Gasteiger partial charge in [0.15, 0.2) is 11.6 Å². The van der Waals surface area contributed by atoms with Gasteiger partial charge in [0.05, 0.1) is 0 Å². The number of tetrazole rings is 1. The Morgan fingerprint density at radius 1 is 0.812 bits per heavy atom. The molecule has 4 aromatic rings. The minimum atomic E-state index is -0.461. The van der Waals surface area contributed by atoms with Gasteiger partial charge in [-0.1, -0.05) is 18.2 Å². The van der Waals surface area contributed by atoms with Crippen LogP contribution < -0.4 is 0 Å². The highest BCUT2D eigenvalue weighted by atomic mass is 19.1. The molecule has 160 valence electrons. The highest BCUT2D eigenvalue weighted by Gasteiger charge is 2.22. The third-order valence-corrected chi connectivity index (χ3v) is 5.16. The molecule has 0 fully saturated rings. The minimum absolute atomic E-state index is 0.0360. The summed E-state index contributed by atoms with van der Waals surface area (Å²) in [4.78, 5) is 25.8. The SMILES string of the molecule is O=C(CC(CC(=O)c1ccc(F)cc1)c1cccc(-c2nn[nH]n2)c1)c1ccc(F)cc1. The van der Waals surface area contributed by atoms with Crippen molar-refractivity contribution in [2.24, 2.45) is 0 Å². The summed E-state index contributed by atoms with van der Waals surface area (Å²) in [6.07, 6.45) is 0.0720. The maximum atomic E-state index is 13.2. The molecule has 4 rings (SSSR count). The van der Waals surface area contributed by atoms with Crippen LogP contribution in [0, 0.1) is 11.6 Å². The van der Waals surface area contributed by atoms with Crippen molar-refractivity contribution in [2.45, 2.75) is 18.8 Å². The van der Waals surface area contributed by atoms with Gasteiger partial charge in [0.2, 0.25) is 5.82 Å². The van der Waals surface area contributed by atoms with Crippen LogP contribution in [-0.2, 0) is 0 Å². The van der Waals surface area contributed by atoms with E-state index in [2.05, 4.69) is 20.6 Å². The van der Waals surface area contributed by atoms with Gasteiger partial charge < -0.3 is 0 Å². The Hall–Kier alpha value is -4.07. The first-order valence-electron chi connectivity index (χ1n) is 9.91. The minimum Gasteiger partial charge on any atom is -0.294 e. The zero-order valence-electron chi connectivity index (χ0n) is 16.8. The molecule has 0 bridgehead atoms. The fourth-order valence-corrected chi connectivity index (χ4v) is 3.48. The van der Waals surface area contributed by atoms with Crippen LogP contribution in [0.5, 0.6) is 0 Å². The van der Waals surface area contributed by atoms with E-state index in [1.165, 1.54) is 48.5 Å². The van der Waals surface area contributed by atoms with E-state index in [1.54, 1.807) is 12.1 Å². The number of halogens is 2. The van der Waals surface area contributed by atoms with Gasteiger partial charge in [0, 0.05) is 29.5 Å². The number of ketones is 2. The number of carbonyl (C=O) groups is 2. The van der Waals surface area contributed by atoms with E-state index in [1.807, 2.05) is 12.1 Å². The van der Waals surface area contributed by atoms with E-state index >= 15 is 0 Å². The molecule has 0 aliphatic heterocycles. The van der Waals surface area contributed by atoms with Gasteiger partial charge in [-0.25, -0.2) is 8.78 Å². The average molecular weight is 432 g/mol. The van der Waals surface area contributed by atoms with Crippen molar-refractivity contribution in [1.82, 2.24) is 20.6 Å². The first kappa shape index (κ1) is 21.2. The maximum Gasteiger partial charge on any atom is 0.204 e. The average Bonchev–Trinajstić information content (AvgIpc) is 3.34. The number of Topliss-reactive ketones (excluding diaryl/α,β-unsaturated/α-hetero) is 2. The number of nitrogens with one attached hydrogen (secondary N) is 1. The fourth-order valence-electron chi connectivity index (χ4n) is 3.48. The van der Waals surface area contributed by atoms with Gasteiger partial charge >= 0.3 is 0 Å². The van der Waals surface area contributed by atoms with E-state index < -0.39 is 17.6 Å². The van der Waals surface area contributed by atoms with Crippen LogP contribution in [0.1, 0.15) is 45.0 Å². The lowest BCUT2D eigenvalue weighted by molar-refractivity contribution is 0.0944. The zero-order valence-corrected chi connectivity index (χ0v) is 16.8. The molecule has 32 heavy (non-hydrogen) atoms. The second-order valence-corrected chi connectivity index (χ2v) is 7.33. The highest BCUT2D eigenvalue weighted by molar-refractivity contribution is 5.99. The predicted octanol–water partition coefficient (Wildman–Crippen LogP) is 4.77. The maximum absolute atomic E-state index is 13.2. The van der Waals surface area contributed by atoms with Crippen LogP contribution in [0.4, 0.5) is 8.78 Å². The molecule has 0 radical (unpaired) electrons. The summed E-state index contributed by atoms with van der Waals surface area (Å²) < 4.78 is 26.5. The molecule has 8 heteroatoms. The summed E-state index contributed by atoms with van der Waals surface area (Å²) in [5.74, 6) is -1.37. The third-order valence-electron chi connectivity index (χ3n) is 5.16. The predicted molar refractivity (Wildman–Crippen MR) is 113 cm³/mol. The van der Waals surface area contributed by atoms with Crippen molar-refractivity contribution < 1.29 is 18.4 Å². The Balaban J connectivity index is 1.63. The number of rotatable bonds is 8. The number of carbonyl (C=O) groups excluding carboxylic acids is 2. The van der Waals surface area contributed by atoms with Crippen molar-refractivity contribution in [3.63, 3.8) is 0 Å². The van der Waals surface area contributed by atoms with Crippen molar-refractivity contribution in [3.05, 3.63) is 101 Å². The van der Waals surface area contributed by atoms with Crippen LogP contribution in [-0.4, -0.2) is 32.2 Å². The van der Waals surface area contributed by atoms with Crippen molar-refractivity contribution >= 4 is 11.6 Å². The lowest BCUT2D eigenvalue weighted by atomic mass is 9.85. The van der Waals surface area contributed by atoms with Crippen LogP contribution in [0.15, 0.2) is 72.8 Å². The Morgan fingerprint density at radius 2 is 1.38 bits per heavy atom. The van der Waals surface area contributed by atoms with Crippen LogP contribution in [0.2, 0.25) is 0 Å². The Morgan fingerprint density at radius 3 is 1.88 bits per heavy atom. The van der Waals surface area contributed by atoms with Crippen molar-refractivity contribution in [1.29, 1.82) is 0 Å². The van der Waals surface area contributed by atoms with Gasteiger partial charge in [-0.15, -0.1) is 10.2 Å². The molecular formula is C24H18F2N4O2. The van der Waals surface area contributed by atoms with Crippen molar-refractivity contribution in [2.75, 3.05) is 0 Å². The lowest BCUT2D eigenvalue weighted by Crippen LogP contribution is -2.13. The molecule has 0 aliphatic rings. The molecule has 0 unspecified atom stereocenters. The van der Waals surface area contributed by atoms with Crippen LogP contribution >= 0.6 is 0 Å². The van der Waals surface area contributed by atoms with E-state index in [4.69, 9.17) is 0 Å². The summed E-state index contributed by atoms with van der Waals surface area (Å²) in [7, 11) is 0. The van der Waals surface area contributed by atoms with E-state index in [0.717, 1.165) is 5.56 Å². The van der Waals surface area contributed by atoms with Gasteiger partial charge in [-0.2, -0.15) is 5.21 Å². The number of aromatic amines is 1. The number of H-pyrrole nitrogens is 1. The molecule has 0 saturated carbocycles. The molecule has 1 N–H and O–H groups in total. The number of hydrogen-bond acceptors (Lipinski definition) is 5. The molecule has 3 aromatic carbocycles. The molecule has 0 amide bonds. The Kier molecular flexibility index (Phi) is 6.21. The smallest absolute Gasteiger partial charge is 0.204 e. The fraction of sp³-hybridized carbons (Fsp3) is 0.125. The van der Waals surface area contributed by atoms with Gasteiger partial charge in [0.1, 0.15) is 11.6 Å². The number of benzene rings is 3. The molecule has 1 aromatic heterocycles. The quantitative estimate of drug-likeness (QED) is 0.405. The van der Waals surface area contributed by atoms with Gasteiger partial charge in [-0.05, 0) is 71.3 Å². The van der Waals surface area contributed by atoms with Gasteiger partial charge in [-0.3, -0.25) is 9.59 Å². The van der Waals surface area contributed by atoms with E-state index in [-0.39, 0.29) is 24.4 Å². The Labute approximate surface area is 182 Å². The van der Waals surface area contributed by atoms with Crippen LogP contribution in [0.25, 0.3) is 11.4 Å². The zero-order chi connectivity index (χ0) is 22.5. The normalized spacial score (nSPS) is 11.0. The molecule has 1 heterocycles. The van der Waals surface area contributed by atoms with Crippen molar-refractivity contribution in [3.8, 4) is 11.4 Å². The summed E-state index contributed by atoms with van der Waals surface area (Å²) >= 11 is 0. The molecule has 0 aliphatic carbocycles. The number of hydrogen-bond donors (Lipinski definition) is 1. The third kappa shape index (κ3) is 4.97. The topological polar surface area (TPSA) is 88.6 Å². The first-order valence-corrected chi connectivity index (χ1v) is 9.91. The van der Waals surface area contributed by atoms with Crippen LogP contribution in [0.3, 0.4) is 0 Å². The van der Waals surface area contributed by atoms with E-state index in [0.29, 0.717) is 22.5 Å². The van der Waals surface area contributed by atoms with E-state index in [9.17, 15) is 18.4 Å². The number of nitrogens with zero attached hydrogens (tertiary/aromatic N) is 3. The summed E-state index contributed by atoms with van der Waals surface area (Å²) in [5, 5.41) is 13.9. The molecule has 0 spiro atoms. The second kappa shape index (κ2) is 9.38. The molecule has 6 nitrogen and oxygen atoms in total.